The van der Waals surface area contributed by atoms with E-state index in [1.54, 1.807) is 24.3 Å². The molecule has 5 N–H and O–H groups in total. The van der Waals surface area contributed by atoms with Gasteiger partial charge in [0.15, 0.2) is 11.5 Å². The molecule has 6 aromatic rings. The predicted octanol–water partition coefficient (Wildman–Crippen LogP) is 6.57. The smallest absolute Gasteiger partial charge is 0.344 e. The monoisotopic (exact) mass is 1140 g/mol. The summed E-state index contributed by atoms with van der Waals surface area (Å²) in [5.74, 6) is -0.410. The Morgan fingerprint density at radius 1 is 0.787 bits per heavy atom. The Morgan fingerprint density at radius 2 is 1.44 bits per heavy atom. The number of nitrogens with zero attached hydrogens (tertiary/aromatic N) is 5. The molecular formula is C48H49N6O15S6+. The van der Waals surface area contributed by atoms with E-state index in [0.717, 1.165) is 35.2 Å². The third-order valence-corrected chi connectivity index (χ3v) is 17.7. The molecule has 0 atom stereocenters. The van der Waals surface area contributed by atoms with Crippen LogP contribution < -0.4 is 10.0 Å². The summed E-state index contributed by atoms with van der Waals surface area (Å²) in [4.78, 5) is 18.5. The Kier molecular flexibility index (Phi) is 15.6. The Hall–Kier alpha value is -6.27. The molecule has 0 bridgehead atoms. The number of aromatic nitrogens is 3. The van der Waals surface area contributed by atoms with Crippen LogP contribution in [0, 0.1) is 0 Å². The Morgan fingerprint density at radius 3 is 2.01 bits per heavy atom. The van der Waals surface area contributed by atoms with Gasteiger partial charge in [-0.05, 0) is 103 Å². The first-order chi connectivity index (χ1) is 34.8. The molecule has 0 fully saturated rings. The van der Waals surface area contributed by atoms with E-state index in [0.29, 0.717) is 64.1 Å². The van der Waals surface area contributed by atoms with Gasteiger partial charge in [0.05, 0.1) is 27.3 Å². The number of nitrogens with two attached hydrogens (primary N) is 1. The Labute approximate surface area is 438 Å². The maximum absolute atomic E-state index is 13.4. The van der Waals surface area contributed by atoms with Crippen molar-refractivity contribution in [3.05, 3.63) is 130 Å². The van der Waals surface area contributed by atoms with E-state index >= 15 is 0 Å². The lowest BCUT2D eigenvalue weighted by atomic mass is 9.79. The minimum atomic E-state index is -4.97. The van der Waals surface area contributed by atoms with Gasteiger partial charge in [0.2, 0.25) is 10.0 Å². The summed E-state index contributed by atoms with van der Waals surface area (Å²) in [7, 11) is -21.7. The largest absolute Gasteiger partial charge is 0.425 e. The number of sulfonamides is 1. The average molecular weight is 1140 g/mol. The number of unbranched alkanes of at least 4 members (excludes halogenated alkanes) is 1. The van der Waals surface area contributed by atoms with Crippen molar-refractivity contribution in [2.24, 2.45) is 5.14 Å². The number of benzene rings is 4. The standard InChI is InChI=1S/C48H48N6O12S5.O3S/c1-7-9-22-54-38-18-12-28-10-15-31(69(58,59)60)23-34(28)44(38)48(5,6)42(54)21-14-29(36-17-11-30(27-50-36)39(55)26-43-51-52-46(67-43)68(49,56)57)13-20-41-47(3,4)45-35-24-32(70(61,62)63)25-40(71(64,65)66)33(35)16-19-37(45)53(41)8-2;1-4(2)3/h10-21,23-25,27H,7-9,22,26H2,1-6H3,(H4-,49,56,57,58,59,60,61,62,63,64,65,66);/p+1. The number of carbonyl (C=O) groups is 1. The van der Waals surface area contributed by atoms with Crippen LogP contribution in [-0.4, -0.2) is 104 Å². The average Bonchev–Trinajstić information content (AvgIpc) is 3.94. The predicted molar refractivity (Wildman–Crippen MR) is 280 cm³/mol. The molecule has 75 heavy (non-hydrogen) atoms. The lowest BCUT2D eigenvalue weighted by molar-refractivity contribution is -0.438. The number of allylic oxidation sites excluding steroid dienone is 6. The molecular weight excluding hydrogens is 1090 g/mol. The number of likely N-dealkylation sites (N-methyl/N-ethyl adjacent to an activating group) is 1. The lowest BCUT2D eigenvalue weighted by Gasteiger charge is -2.26. The van der Waals surface area contributed by atoms with Crippen LogP contribution in [0.4, 0.5) is 11.4 Å². The van der Waals surface area contributed by atoms with Crippen molar-refractivity contribution >= 4 is 112 Å². The number of Topliss-reactive ketones (excluding diaryl/α,β-unsaturated/α-hetero) is 1. The molecule has 4 aromatic carbocycles. The van der Waals surface area contributed by atoms with E-state index in [-0.39, 0.29) is 32.7 Å². The molecule has 396 valence electrons. The Balaban J connectivity index is 0.00000198. The summed E-state index contributed by atoms with van der Waals surface area (Å²) in [6.07, 6.45) is 10.4. The molecule has 2 aliphatic rings. The summed E-state index contributed by atoms with van der Waals surface area (Å²) in [6, 6.07) is 16.7. The highest BCUT2D eigenvalue weighted by molar-refractivity contribution is 7.91. The van der Waals surface area contributed by atoms with Crippen LogP contribution in [0.2, 0.25) is 0 Å². The summed E-state index contributed by atoms with van der Waals surface area (Å²) in [5, 5.41) is 14.4. The van der Waals surface area contributed by atoms with E-state index in [1.165, 1.54) is 30.5 Å². The molecule has 0 aliphatic carbocycles. The molecule has 0 saturated carbocycles. The van der Waals surface area contributed by atoms with Gasteiger partial charge in [-0.15, -0.1) is 22.8 Å². The number of primary sulfonamides is 1. The fourth-order valence-corrected chi connectivity index (χ4v) is 12.9. The molecule has 0 unspecified atom stereocenters. The summed E-state index contributed by atoms with van der Waals surface area (Å²) in [6.45, 7) is 12.8. The molecule has 0 spiro atoms. The third-order valence-electron chi connectivity index (χ3n) is 12.9. The normalized spacial score (nSPS) is 16.2. The van der Waals surface area contributed by atoms with Gasteiger partial charge in [-0.25, -0.2) is 13.6 Å². The molecule has 27 heteroatoms. The number of carbonyl (C=O) groups excluding carboxylic acids is 1. The first kappa shape index (κ1) is 56.5. The van der Waals surface area contributed by atoms with Gasteiger partial charge in [-0.2, -0.15) is 29.8 Å². The van der Waals surface area contributed by atoms with Crippen LogP contribution in [0.3, 0.4) is 0 Å². The summed E-state index contributed by atoms with van der Waals surface area (Å²) in [5.41, 5.74) is 3.96. The highest BCUT2D eigenvalue weighted by atomic mass is 32.2. The zero-order valence-electron chi connectivity index (χ0n) is 40.8. The van der Waals surface area contributed by atoms with E-state index in [9.17, 15) is 52.1 Å². The van der Waals surface area contributed by atoms with E-state index < -0.39 is 81.7 Å². The quantitative estimate of drug-likeness (QED) is 0.0366. The van der Waals surface area contributed by atoms with Crippen molar-refractivity contribution in [2.75, 3.05) is 18.0 Å². The van der Waals surface area contributed by atoms with E-state index in [1.807, 2.05) is 76.0 Å². The van der Waals surface area contributed by atoms with Crippen LogP contribution in [0.1, 0.15) is 86.6 Å². The number of fused-ring (bicyclic) bond motifs is 6. The van der Waals surface area contributed by atoms with Crippen LogP contribution in [0.25, 0.3) is 27.1 Å². The zero-order chi connectivity index (χ0) is 55.4. The number of anilines is 1. The number of ketones is 1. The highest BCUT2D eigenvalue weighted by Crippen LogP contribution is 2.52. The second-order valence-corrected chi connectivity index (χ2v) is 25.8. The van der Waals surface area contributed by atoms with Gasteiger partial charge in [0.25, 0.3) is 40.4 Å². The minimum Gasteiger partial charge on any atom is -0.344 e. The number of rotatable bonds is 15. The van der Waals surface area contributed by atoms with Crippen molar-refractivity contribution < 1.29 is 69.3 Å². The van der Waals surface area contributed by atoms with Gasteiger partial charge in [-0.1, -0.05) is 56.7 Å². The molecule has 0 amide bonds. The number of hydrogen-bond donors (Lipinski definition) is 4. The fourth-order valence-electron chi connectivity index (χ4n) is 9.58. The first-order valence-electron chi connectivity index (χ1n) is 22.6. The highest BCUT2D eigenvalue weighted by Gasteiger charge is 2.46. The molecule has 2 aromatic heterocycles. The van der Waals surface area contributed by atoms with Crippen LogP contribution >= 0.6 is 11.3 Å². The first-order valence-corrected chi connectivity index (χ1v) is 30.2. The number of hydrogen-bond acceptors (Lipinski definition) is 17. The third kappa shape index (κ3) is 11.5. The van der Waals surface area contributed by atoms with Crippen molar-refractivity contribution in [1.82, 2.24) is 15.2 Å². The zero-order valence-corrected chi connectivity index (χ0v) is 45.7. The molecule has 0 radical (unpaired) electrons. The molecule has 0 saturated heterocycles. The van der Waals surface area contributed by atoms with Crippen molar-refractivity contribution in [3.8, 4) is 0 Å². The second kappa shape index (κ2) is 20.7. The number of pyridine rings is 1. The molecule has 21 nitrogen and oxygen atoms in total. The SMILES string of the molecule is CCCC[N+]1=C(/C=C/C(=C/C=C2/N(CC)c3ccc4c(S(=O)(=O)O)cc(S(=O)(=O)O)cc4c3C2(C)C)c2ccc(C(=O)Cc3nnc(S(N)(=O)=O)s3)cn2)C(C)(C)c2c1ccc1ccc(S(=O)(=O)O)cc21.O=S(=O)=O. The lowest BCUT2D eigenvalue weighted by Crippen LogP contribution is -2.28. The van der Waals surface area contributed by atoms with Crippen LogP contribution in [0.15, 0.2) is 122 Å². The van der Waals surface area contributed by atoms with Crippen LogP contribution in [0.5, 0.6) is 0 Å². The van der Waals surface area contributed by atoms with Crippen molar-refractivity contribution in [2.45, 2.75) is 90.7 Å². The van der Waals surface area contributed by atoms with Gasteiger partial charge >= 0.3 is 10.6 Å². The molecule has 2 aliphatic heterocycles. The maximum atomic E-state index is 13.4. The second-order valence-electron chi connectivity index (χ2n) is 18.4. The van der Waals surface area contributed by atoms with E-state index in [4.69, 9.17) is 22.7 Å². The van der Waals surface area contributed by atoms with Gasteiger partial charge in [0.1, 0.15) is 16.4 Å². The van der Waals surface area contributed by atoms with Crippen molar-refractivity contribution in [1.29, 1.82) is 0 Å². The minimum absolute atomic E-state index is 0.0461. The fraction of sp³-hybridized carbons (Fsp3) is 0.271. The summed E-state index contributed by atoms with van der Waals surface area (Å²) >= 11 is 0.686. The van der Waals surface area contributed by atoms with Gasteiger partial charge < -0.3 is 4.90 Å². The topological polar surface area (TPSA) is 336 Å². The van der Waals surface area contributed by atoms with Crippen LogP contribution in [-0.2, 0) is 68.2 Å². The maximum Gasteiger partial charge on any atom is 0.425 e. The summed E-state index contributed by atoms with van der Waals surface area (Å²) < 4.78 is 156. The van der Waals surface area contributed by atoms with Gasteiger partial charge in [-0.3, -0.25) is 23.4 Å². The molecule has 4 heterocycles. The van der Waals surface area contributed by atoms with Crippen molar-refractivity contribution in [3.63, 3.8) is 0 Å². The Bertz CT molecular complexity index is 4090. The van der Waals surface area contributed by atoms with E-state index in [2.05, 4.69) is 21.7 Å². The molecule has 8 rings (SSSR count). The van der Waals surface area contributed by atoms with Gasteiger partial charge in [0, 0.05) is 70.2 Å².